The quantitative estimate of drug-likeness (QED) is 0.469. The van der Waals surface area contributed by atoms with Crippen LogP contribution in [0.5, 0.6) is 0 Å². The van der Waals surface area contributed by atoms with Crippen LogP contribution in [0.2, 0.25) is 0 Å². The summed E-state index contributed by atoms with van der Waals surface area (Å²) in [5, 5.41) is 3.66. The maximum atomic E-state index is 12.8. The van der Waals surface area contributed by atoms with Gasteiger partial charge < -0.3 is 10.1 Å². The third-order valence-electron chi connectivity index (χ3n) is 4.00. The molecule has 5 nitrogen and oxygen atoms in total. The molecule has 0 bridgehead atoms. The molecule has 1 amide bonds. The molecular formula is C20H17IN2O3. The van der Waals surface area contributed by atoms with Crippen LogP contribution < -0.4 is 5.32 Å². The molecule has 2 aromatic carbocycles. The van der Waals surface area contributed by atoms with Gasteiger partial charge in [-0.25, -0.2) is 4.79 Å². The molecule has 0 saturated carbocycles. The number of aromatic nitrogens is 1. The van der Waals surface area contributed by atoms with E-state index in [1.165, 1.54) is 7.11 Å². The van der Waals surface area contributed by atoms with E-state index in [2.05, 4.69) is 32.9 Å². The van der Waals surface area contributed by atoms with Crippen LogP contribution in [0.3, 0.4) is 0 Å². The predicted octanol–water partition coefficient (Wildman–Crippen LogP) is 3.35. The molecule has 0 unspecified atom stereocenters. The lowest BCUT2D eigenvalue weighted by Crippen LogP contribution is -2.43. The lowest BCUT2D eigenvalue weighted by molar-refractivity contribution is -0.142. The fraction of sp³-hybridized carbons (Fsp3) is 0.150. The molecule has 1 aromatic heterocycles. The minimum absolute atomic E-state index is 0.352. The van der Waals surface area contributed by atoms with Crippen molar-refractivity contribution < 1.29 is 14.3 Å². The molecule has 1 N–H and O–H groups in total. The largest absolute Gasteiger partial charge is 0.467 e. The van der Waals surface area contributed by atoms with Gasteiger partial charge in [0.25, 0.3) is 5.91 Å². The Bertz CT molecular complexity index is 953. The number of ether oxygens (including phenoxy) is 1. The number of fused-ring (bicyclic) bond motifs is 1. The number of para-hydroxylation sites is 1. The molecule has 6 heteroatoms. The Kier molecular flexibility index (Phi) is 5.82. The van der Waals surface area contributed by atoms with E-state index in [9.17, 15) is 9.59 Å². The fourth-order valence-electron chi connectivity index (χ4n) is 2.76. The van der Waals surface area contributed by atoms with Gasteiger partial charge in [0.1, 0.15) is 6.04 Å². The van der Waals surface area contributed by atoms with E-state index in [0.717, 1.165) is 14.5 Å². The number of methoxy groups -OCH3 is 1. The van der Waals surface area contributed by atoms with E-state index >= 15 is 0 Å². The number of hydrogen-bond donors (Lipinski definition) is 1. The summed E-state index contributed by atoms with van der Waals surface area (Å²) in [6.45, 7) is 0. The van der Waals surface area contributed by atoms with Crippen molar-refractivity contribution in [1.29, 1.82) is 0 Å². The number of hydrogen-bond acceptors (Lipinski definition) is 4. The monoisotopic (exact) mass is 460 g/mol. The van der Waals surface area contributed by atoms with Crippen molar-refractivity contribution in [2.45, 2.75) is 12.5 Å². The number of nitrogens with zero attached hydrogens (tertiary/aromatic N) is 1. The summed E-state index contributed by atoms with van der Waals surface area (Å²) in [6, 6.07) is 16.1. The summed E-state index contributed by atoms with van der Waals surface area (Å²) in [6.07, 6.45) is 2.00. The maximum absolute atomic E-state index is 12.8. The van der Waals surface area contributed by atoms with Crippen LogP contribution in [0.4, 0.5) is 0 Å². The predicted molar refractivity (Wildman–Crippen MR) is 108 cm³/mol. The van der Waals surface area contributed by atoms with Gasteiger partial charge in [0.05, 0.1) is 18.2 Å². The van der Waals surface area contributed by atoms with Crippen LogP contribution in [-0.2, 0) is 16.0 Å². The molecule has 132 valence electrons. The molecule has 1 heterocycles. The lowest BCUT2D eigenvalue weighted by atomic mass is 10.0. The Hall–Kier alpha value is -2.48. The Morgan fingerprint density at radius 2 is 1.92 bits per heavy atom. The van der Waals surface area contributed by atoms with Gasteiger partial charge in [0.15, 0.2) is 0 Å². The molecule has 26 heavy (non-hydrogen) atoms. The zero-order chi connectivity index (χ0) is 18.5. The summed E-state index contributed by atoms with van der Waals surface area (Å²) in [7, 11) is 1.32. The zero-order valence-electron chi connectivity index (χ0n) is 14.1. The van der Waals surface area contributed by atoms with Crippen molar-refractivity contribution in [3.8, 4) is 0 Å². The highest BCUT2D eigenvalue weighted by molar-refractivity contribution is 14.1. The number of rotatable bonds is 5. The van der Waals surface area contributed by atoms with Gasteiger partial charge in [0, 0.05) is 21.6 Å². The van der Waals surface area contributed by atoms with Crippen molar-refractivity contribution in [1.82, 2.24) is 10.3 Å². The van der Waals surface area contributed by atoms with Gasteiger partial charge in [-0.15, -0.1) is 0 Å². The van der Waals surface area contributed by atoms with Gasteiger partial charge in [0.2, 0.25) is 0 Å². The van der Waals surface area contributed by atoms with Crippen LogP contribution in [0.15, 0.2) is 60.8 Å². The molecule has 3 aromatic rings. The number of amides is 1. The Balaban J connectivity index is 1.86. The first-order chi connectivity index (χ1) is 12.6. The van der Waals surface area contributed by atoms with E-state index in [-0.39, 0.29) is 5.91 Å². The standard InChI is InChI=1S/C20H17IN2O3/c1-26-20(25)17(12-13-5-2-8-15(21)11-13)23-19(24)16-9-3-6-14-7-4-10-22-18(14)16/h2-11,17H,12H2,1H3,(H,23,24)/t17-/m0/s1. The number of halogens is 1. The van der Waals surface area contributed by atoms with Crippen molar-refractivity contribution >= 4 is 45.4 Å². The number of carbonyl (C=O) groups is 2. The van der Waals surface area contributed by atoms with E-state index in [4.69, 9.17) is 4.74 Å². The third kappa shape index (κ3) is 4.19. The average Bonchev–Trinajstić information content (AvgIpc) is 2.66. The van der Waals surface area contributed by atoms with Crippen LogP contribution in [0, 0.1) is 3.57 Å². The lowest BCUT2D eigenvalue weighted by Gasteiger charge is -2.17. The maximum Gasteiger partial charge on any atom is 0.328 e. The number of pyridine rings is 1. The highest BCUT2D eigenvalue weighted by Gasteiger charge is 2.23. The molecule has 3 rings (SSSR count). The van der Waals surface area contributed by atoms with Gasteiger partial charge in [-0.05, 0) is 52.4 Å². The van der Waals surface area contributed by atoms with Crippen LogP contribution in [0.25, 0.3) is 10.9 Å². The van der Waals surface area contributed by atoms with Crippen molar-refractivity contribution in [2.24, 2.45) is 0 Å². The first-order valence-corrected chi connectivity index (χ1v) is 9.13. The van der Waals surface area contributed by atoms with E-state index < -0.39 is 12.0 Å². The topological polar surface area (TPSA) is 68.3 Å². The Labute approximate surface area is 164 Å². The summed E-state index contributed by atoms with van der Waals surface area (Å²) in [4.78, 5) is 29.3. The molecule has 0 aliphatic carbocycles. The smallest absolute Gasteiger partial charge is 0.328 e. The Morgan fingerprint density at radius 3 is 2.69 bits per heavy atom. The highest BCUT2D eigenvalue weighted by atomic mass is 127. The molecule has 0 aliphatic heterocycles. The molecule has 0 radical (unpaired) electrons. The number of benzene rings is 2. The summed E-state index contributed by atoms with van der Waals surface area (Å²) in [5.41, 5.74) is 1.98. The minimum atomic E-state index is -0.773. The molecular weight excluding hydrogens is 443 g/mol. The summed E-state index contributed by atoms with van der Waals surface area (Å²) >= 11 is 2.21. The highest BCUT2D eigenvalue weighted by Crippen LogP contribution is 2.17. The fourth-order valence-corrected chi connectivity index (χ4v) is 3.37. The van der Waals surface area contributed by atoms with Crippen molar-refractivity contribution in [2.75, 3.05) is 7.11 Å². The number of nitrogens with one attached hydrogen (secondary N) is 1. The summed E-state index contributed by atoms with van der Waals surface area (Å²) in [5.74, 6) is -0.833. The average molecular weight is 460 g/mol. The van der Waals surface area contributed by atoms with Gasteiger partial charge >= 0.3 is 5.97 Å². The van der Waals surface area contributed by atoms with Crippen LogP contribution in [-0.4, -0.2) is 30.0 Å². The molecule has 0 saturated heterocycles. The normalized spacial score (nSPS) is 11.8. The van der Waals surface area contributed by atoms with E-state index in [1.54, 1.807) is 18.3 Å². The first kappa shape index (κ1) is 18.3. The zero-order valence-corrected chi connectivity index (χ0v) is 16.3. The minimum Gasteiger partial charge on any atom is -0.467 e. The van der Waals surface area contributed by atoms with E-state index in [0.29, 0.717) is 17.5 Å². The van der Waals surface area contributed by atoms with Crippen molar-refractivity contribution in [3.63, 3.8) is 0 Å². The molecule has 0 fully saturated rings. The van der Waals surface area contributed by atoms with Gasteiger partial charge in [-0.1, -0.05) is 30.3 Å². The van der Waals surface area contributed by atoms with Crippen LogP contribution in [0.1, 0.15) is 15.9 Å². The van der Waals surface area contributed by atoms with E-state index in [1.807, 2.05) is 42.5 Å². The van der Waals surface area contributed by atoms with Gasteiger partial charge in [-0.3, -0.25) is 9.78 Å². The number of esters is 1. The second kappa shape index (κ2) is 8.27. The summed E-state index contributed by atoms with van der Waals surface area (Å²) < 4.78 is 5.93. The molecule has 0 spiro atoms. The third-order valence-corrected chi connectivity index (χ3v) is 4.67. The van der Waals surface area contributed by atoms with Gasteiger partial charge in [-0.2, -0.15) is 0 Å². The molecule has 1 atom stereocenters. The first-order valence-electron chi connectivity index (χ1n) is 8.05. The SMILES string of the molecule is COC(=O)[C@H](Cc1cccc(I)c1)NC(=O)c1cccc2cccnc12. The second-order valence-electron chi connectivity index (χ2n) is 5.76. The second-order valence-corrected chi connectivity index (χ2v) is 7.01. The molecule has 0 aliphatic rings. The Morgan fingerprint density at radius 1 is 1.15 bits per heavy atom. The van der Waals surface area contributed by atoms with Crippen LogP contribution >= 0.6 is 22.6 Å². The van der Waals surface area contributed by atoms with Crippen molar-refractivity contribution in [3.05, 3.63) is 75.5 Å². The number of carbonyl (C=O) groups excluding carboxylic acids is 2.